The van der Waals surface area contributed by atoms with Crippen LogP contribution in [0.2, 0.25) is 0 Å². The number of aromatic nitrogens is 2. The normalized spacial score (nSPS) is 15.7. The zero-order valence-electron chi connectivity index (χ0n) is 19.8. The first-order valence-electron chi connectivity index (χ1n) is 11.9. The molecule has 3 aromatic rings. The van der Waals surface area contributed by atoms with E-state index in [-0.39, 0.29) is 18.4 Å². The maximum absolute atomic E-state index is 13.1. The highest BCUT2D eigenvalue weighted by atomic mass is 32.1. The fourth-order valence-electron chi connectivity index (χ4n) is 4.27. The predicted molar refractivity (Wildman–Crippen MR) is 136 cm³/mol. The van der Waals surface area contributed by atoms with Crippen molar-refractivity contribution in [3.63, 3.8) is 0 Å². The standard InChI is InChI=1S/C26H29N5O3S/c1-34-21-5-2-4-20(16-21)22-9-10-24(28-27-22)29-11-13-30(14-12-29)25(32)18-31(17-19-7-8-19)26(33)23-6-3-15-35-23/h2-6,9-10,15-16,19H,7-8,11-14,17-18H2,1H3. The Morgan fingerprint density at radius 1 is 1.06 bits per heavy atom. The molecule has 2 aliphatic rings. The molecule has 0 N–H and O–H groups in total. The summed E-state index contributed by atoms with van der Waals surface area (Å²) in [5.41, 5.74) is 1.74. The van der Waals surface area contributed by atoms with Gasteiger partial charge in [-0.2, -0.15) is 0 Å². The van der Waals surface area contributed by atoms with Gasteiger partial charge in [0.15, 0.2) is 5.82 Å². The van der Waals surface area contributed by atoms with E-state index in [1.165, 1.54) is 11.3 Å². The summed E-state index contributed by atoms with van der Waals surface area (Å²) in [6, 6.07) is 15.4. The van der Waals surface area contributed by atoms with Gasteiger partial charge in [-0.3, -0.25) is 9.59 Å². The van der Waals surface area contributed by atoms with Crippen LogP contribution in [0.3, 0.4) is 0 Å². The minimum Gasteiger partial charge on any atom is -0.497 e. The molecule has 2 amide bonds. The largest absolute Gasteiger partial charge is 0.497 e. The Morgan fingerprint density at radius 2 is 1.89 bits per heavy atom. The van der Waals surface area contributed by atoms with Gasteiger partial charge in [-0.1, -0.05) is 18.2 Å². The van der Waals surface area contributed by atoms with Crippen molar-refractivity contribution in [2.75, 3.05) is 51.3 Å². The van der Waals surface area contributed by atoms with Crippen LogP contribution >= 0.6 is 11.3 Å². The Hall–Kier alpha value is -3.46. The zero-order chi connectivity index (χ0) is 24.2. The highest BCUT2D eigenvalue weighted by Crippen LogP contribution is 2.30. The highest BCUT2D eigenvalue weighted by Gasteiger charge is 2.31. The number of carbonyl (C=O) groups is 2. The number of ether oxygens (including phenoxy) is 1. The smallest absolute Gasteiger partial charge is 0.264 e. The second-order valence-corrected chi connectivity index (χ2v) is 9.93. The lowest BCUT2D eigenvalue weighted by Gasteiger charge is -2.36. The van der Waals surface area contributed by atoms with Gasteiger partial charge < -0.3 is 19.4 Å². The summed E-state index contributed by atoms with van der Waals surface area (Å²) in [7, 11) is 1.64. The third-order valence-corrected chi connectivity index (χ3v) is 7.35. The molecule has 5 rings (SSSR count). The lowest BCUT2D eigenvalue weighted by atomic mass is 10.1. The van der Waals surface area contributed by atoms with Crippen molar-refractivity contribution in [2.45, 2.75) is 12.8 Å². The predicted octanol–water partition coefficient (Wildman–Crippen LogP) is 3.41. The van der Waals surface area contributed by atoms with E-state index in [2.05, 4.69) is 15.1 Å². The second kappa shape index (κ2) is 10.4. The molecule has 182 valence electrons. The average Bonchev–Trinajstić information content (AvgIpc) is 3.56. The van der Waals surface area contributed by atoms with Gasteiger partial charge in [-0.05, 0) is 54.5 Å². The molecule has 35 heavy (non-hydrogen) atoms. The molecule has 1 aliphatic heterocycles. The van der Waals surface area contributed by atoms with Gasteiger partial charge in [0.25, 0.3) is 5.91 Å². The molecule has 8 nitrogen and oxygen atoms in total. The van der Waals surface area contributed by atoms with Gasteiger partial charge in [0.1, 0.15) is 12.3 Å². The van der Waals surface area contributed by atoms with Crippen molar-refractivity contribution < 1.29 is 14.3 Å². The Bertz CT molecular complexity index is 1160. The van der Waals surface area contributed by atoms with Crippen molar-refractivity contribution in [3.8, 4) is 17.0 Å². The number of methoxy groups -OCH3 is 1. The summed E-state index contributed by atoms with van der Waals surface area (Å²) < 4.78 is 5.29. The van der Waals surface area contributed by atoms with Crippen LogP contribution in [0.15, 0.2) is 53.9 Å². The van der Waals surface area contributed by atoms with Crippen molar-refractivity contribution in [3.05, 3.63) is 58.8 Å². The van der Waals surface area contributed by atoms with Crippen LogP contribution < -0.4 is 9.64 Å². The Kier molecular flexibility index (Phi) is 6.94. The summed E-state index contributed by atoms with van der Waals surface area (Å²) in [5.74, 6) is 2.08. The van der Waals surface area contributed by atoms with Gasteiger partial charge >= 0.3 is 0 Å². The van der Waals surface area contributed by atoms with Crippen LogP contribution in [0.25, 0.3) is 11.3 Å². The minimum absolute atomic E-state index is 0.00895. The molecule has 1 saturated heterocycles. The van der Waals surface area contributed by atoms with E-state index in [4.69, 9.17) is 4.74 Å². The van der Waals surface area contributed by atoms with Crippen LogP contribution in [-0.2, 0) is 4.79 Å². The number of benzene rings is 1. The lowest BCUT2D eigenvalue weighted by Crippen LogP contribution is -2.52. The van der Waals surface area contributed by atoms with Crippen LogP contribution in [0.5, 0.6) is 5.75 Å². The number of hydrogen-bond acceptors (Lipinski definition) is 7. The molecule has 0 bridgehead atoms. The van der Waals surface area contributed by atoms with E-state index in [1.54, 1.807) is 12.0 Å². The van der Waals surface area contributed by atoms with Gasteiger partial charge in [-0.25, -0.2) is 0 Å². The zero-order valence-corrected chi connectivity index (χ0v) is 20.6. The Balaban J connectivity index is 1.17. The van der Waals surface area contributed by atoms with E-state index in [9.17, 15) is 9.59 Å². The fourth-order valence-corrected chi connectivity index (χ4v) is 4.96. The first kappa shape index (κ1) is 23.3. The molecule has 9 heteroatoms. The molecule has 2 fully saturated rings. The maximum Gasteiger partial charge on any atom is 0.264 e. The van der Waals surface area contributed by atoms with Gasteiger partial charge in [0.2, 0.25) is 5.91 Å². The SMILES string of the molecule is COc1cccc(-c2ccc(N3CCN(C(=O)CN(CC4CC4)C(=O)c4cccs4)CC3)nn2)c1. The molecule has 0 spiro atoms. The van der Waals surface area contributed by atoms with Gasteiger partial charge in [0.05, 0.1) is 17.7 Å². The number of amides is 2. The monoisotopic (exact) mass is 491 g/mol. The molecule has 2 aromatic heterocycles. The van der Waals surface area contributed by atoms with E-state index >= 15 is 0 Å². The third kappa shape index (κ3) is 5.62. The molecular weight excluding hydrogens is 462 g/mol. The van der Waals surface area contributed by atoms with Crippen LogP contribution in [0, 0.1) is 5.92 Å². The maximum atomic E-state index is 13.1. The summed E-state index contributed by atoms with van der Waals surface area (Å²) in [6.07, 6.45) is 2.28. The summed E-state index contributed by atoms with van der Waals surface area (Å²) >= 11 is 1.43. The topological polar surface area (TPSA) is 78.9 Å². The Morgan fingerprint density at radius 3 is 2.54 bits per heavy atom. The van der Waals surface area contributed by atoms with Crippen molar-refractivity contribution in [1.82, 2.24) is 20.0 Å². The van der Waals surface area contributed by atoms with E-state index in [0.717, 1.165) is 35.7 Å². The van der Waals surface area contributed by atoms with Crippen molar-refractivity contribution in [1.29, 1.82) is 0 Å². The number of rotatable bonds is 8. The number of hydrogen-bond donors (Lipinski definition) is 0. The summed E-state index contributed by atoms with van der Waals surface area (Å²) in [4.78, 5) is 32.4. The number of carbonyl (C=O) groups excluding carboxylic acids is 2. The lowest BCUT2D eigenvalue weighted by molar-refractivity contribution is -0.132. The van der Waals surface area contributed by atoms with Crippen LogP contribution in [-0.4, -0.2) is 78.2 Å². The number of thiophene rings is 1. The highest BCUT2D eigenvalue weighted by molar-refractivity contribution is 7.12. The molecular formula is C26H29N5O3S. The number of piperazine rings is 1. The van der Waals surface area contributed by atoms with Gasteiger partial charge in [-0.15, -0.1) is 21.5 Å². The third-order valence-electron chi connectivity index (χ3n) is 6.49. The van der Waals surface area contributed by atoms with Crippen LogP contribution in [0.1, 0.15) is 22.5 Å². The first-order valence-corrected chi connectivity index (χ1v) is 12.8. The summed E-state index contributed by atoms with van der Waals surface area (Å²) in [5, 5.41) is 10.7. The molecule has 1 saturated carbocycles. The van der Waals surface area contributed by atoms with Crippen LogP contribution in [0.4, 0.5) is 5.82 Å². The molecule has 1 aromatic carbocycles. The first-order chi connectivity index (χ1) is 17.1. The fraction of sp³-hybridized carbons (Fsp3) is 0.385. The molecule has 0 unspecified atom stereocenters. The number of nitrogens with zero attached hydrogens (tertiary/aromatic N) is 5. The van der Waals surface area contributed by atoms with Crippen molar-refractivity contribution in [2.24, 2.45) is 5.92 Å². The molecule has 3 heterocycles. The minimum atomic E-state index is -0.0368. The molecule has 0 atom stereocenters. The summed E-state index contributed by atoms with van der Waals surface area (Å²) in [6.45, 7) is 3.37. The van der Waals surface area contributed by atoms with E-state index in [1.807, 2.05) is 58.8 Å². The Labute approximate surface area is 209 Å². The van der Waals surface area contributed by atoms with Crippen molar-refractivity contribution >= 4 is 29.0 Å². The van der Waals surface area contributed by atoms with E-state index in [0.29, 0.717) is 43.5 Å². The average molecular weight is 492 g/mol. The van der Waals surface area contributed by atoms with Gasteiger partial charge in [0, 0.05) is 38.3 Å². The quantitative estimate of drug-likeness (QED) is 0.481. The second-order valence-electron chi connectivity index (χ2n) is 8.98. The van der Waals surface area contributed by atoms with E-state index < -0.39 is 0 Å². The molecule has 1 aliphatic carbocycles. The molecule has 0 radical (unpaired) electrons. The number of anilines is 1.